The predicted molar refractivity (Wildman–Crippen MR) is 94.4 cm³/mol. The molecule has 25 heavy (non-hydrogen) atoms. The molecule has 0 bridgehead atoms. The van der Waals surface area contributed by atoms with E-state index in [2.05, 4.69) is 25.9 Å². The van der Waals surface area contributed by atoms with Crippen LogP contribution in [0.3, 0.4) is 0 Å². The lowest BCUT2D eigenvalue weighted by Gasteiger charge is -2.08. The van der Waals surface area contributed by atoms with E-state index in [1.165, 1.54) is 6.20 Å². The third-order valence-corrected chi connectivity index (χ3v) is 3.60. The van der Waals surface area contributed by atoms with Crippen molar-refractivity contribution in [3.63, 3.8) is 0 Å². The van der Waals surface area contributed by atoms with E-state index in [-0.39, 0.29) is 11.4 Å². The molecule has 0 radical (unpaired) electrons. The summed E-state index contributed by atoms with van der Waals surface area (Å²) in [6, 6.07) is 14.1. The summed E-state index contributed by atoms with van der Waals surface area (Å²) >= 11 is 11.9. The molecule has 0 saturated heterocycles. The minimum absolute atomic E-state index is 0.215. The molecular formula is C16H10Cl2N6O. The Labute approximate surface area is 152 Å². The number of halogens is 2. The zero-order chi connectivity index (χ0) is 17.6. The Bertz CT molecular complexity index is 932. The van der Waals surface area contributed by atoms with Crippen LogP contribution in [0.4, 0.5) is 5.69 Å². The molecule has 0 fully saturated rings. The van der Waals surface area contributed by atoms with Gasteiger partial charge < -0.3 is 10.1 Å². The number of hydrogen-bond donors (Lipinski definition) is 2. The second kappa shape index (κ2) is 7.66. The molecule has 9 heteroatoms. The number of ether oxygens (including phenoxy) is 1. The van der Waals surface area contributed by atoms with Gasteiger partial charge in [0.15, 0.2) is 0 Å². The van der Waals surface area contributed by atoms with Crippen molar-refractivity contribution in [3.05, 3.63) is 64.5 Å². The van der Waals surface area contributed by atoms with Crippen LogP contribution in [-0.4, -0.2) is 20.6 Å². The summed E-state index contributed by atoms with van der Waals surface area (Å²) in [5.74, 6) is 1.33. The van der Waals surface area contributed by atoms with Crippen LogP contribution < -0.4 is 10.1 Å². The monoisotopic (exact) mass is 372 g/mol. The summed E-state index contributed by atoms with van der Waals surface area (Å²) in [6.45, 7) is 0. The third kappa shape index (κ3) is 4.26. The van der Waals surface area contributed by atoms with Crippen molar-refractivity contribution < 1.29 is 4.74 Å². The van der Waals surface area contributed by atoms with Gasteiger partial charge in [-0.15, -0.1) is 10.2 Å². The van der Waals surface area contributed by atoms with Crippen molar-refractivity contribution in [2.45, 2.75) is 0 Å². The smallest absolute Gasteiger partial charge is 0.216 e. The molecule has 0 aliphatic heterocycles. The maximum Gasteiger partial charge on any atom is 0.216 e. The van der Waals surface area contributed by atoms with Gasteiger partial charge in [-0.05, 0) is 47.7 Å². The number of nitriles is 1. The zero-order valence-corrected chi connectivity index (χ0v) is 14.1. The van der Waals surface area contributed by atoms with E-state index in [9.17, 15) is 0 Å². The van der Waals surface area contributed by atoms with E-state index in [4.69, 9.17) is 33.2 Å². The molecule has 7 nitrogen and oxygen atoms in total. The minimum atomic E-state index is 0.215. The average molecular weight is 373 g/mol. The maximum absolute atomic E-state index is 9.11. The SMILES string of the molecule is N#CC(=CNc1ccc(Oc2ccc(Cl)cc2Cl)cc1)c1nn[nH]n1. The van der Waals surface area contributed by atoms with E-state index in [0.717, 1.165) is 5.69 Å². The summed E-state index contributed by atoms with van der Waals surface area (Å²) in [7, 11) is 0. The molecule has 0 aliphatic carbocycles. The Balaban J connectivity index is 1.69. The van der Waals surface area contributed by atoms with Crippen LogP contribution >= 0.6 is 23.2 Å². The Morgan fingerprint density at radius 3 is 2.64 bits per heavy atom. The molecule has 0 spiro atoms. The van der Waals surface area contributed by atoms with E-state index < -0.39 is 0 Å². The van der Waals surface area contributed by atoms with Gasteiger partial charge in [0.2, 0.25) is 5.82 Å². The second-order valence-electron chi connectivity index (χ2n) is 4.75. The molecular weight excluding hydrogens is 363 g/mol. The number of hydrogen-bond acceptors (Lipinski definition) is 6. The molecule has 0 aliphatic rings. The number of aromatic nitrogens is 4. The van der Waals surface area contributed by atoms with Crippen molar-refractivity contribution in [1.29, 1.82) is 5.26 Å². The fraction of sp³-hybridized carbons (Fsp3) is 0. The molecule has 1 aromatic heterocycles. The van der Waals surface area contributed by atoms with Crippen molar-refractivity contribution >= 4 is 34.5 Å². The summed E-state index contributed by atoms with van der Waals surface area (Å²) < 4.78 is 5.71. The molecule has 3 aromatic rings. The Hall–Kier alpha value is -3.08. The van der Waals surface area contributed by atoms with Crippen LogP contribution in [-0.2, 0) is 0 Å². The van der Waals surface area contributed by atoms with Crippen molar-refractivity contribution in [3.8, 4) is 17.6 Å². The average Bonchev–Trinajstić information content (AvgIpc) is 3.14. The van der Waals surface area contributed by atoms with Crippen LogP contribution in [0.2, 0.25) is 10.0 Å². The van der Waals surface area contributed by atoms with E-state index in [1.807, 2.05) is 6.07 Å². The normalized spacial score (nSPS) is 11.0. The van der Waals surface area contributed by atoms with Gasteiger partial charge in [-0.1, -0.05) is 23.2 Å². The van der Waals surface area contributed by atoms with Crippen LogP contribution in [0.15, 0.2) is 48.7 Å². The van der Waals surface area contributed by atoms with Crippen LogP contribution in [0.5, 0.6) is 11.5 Å². The van der Waals surface area contributed by atoms with E-state index >= 15 is 0 Å². The number of nitrogens with one attached hydrogen (secondary N) is 2. The molecule has 0 amide bonds. The number of nitrogens with zero attached hydrogens (tertiary/aromatic N) is 4. The summed E-state index contributed by atoms with van der Waals surface area (Å²) in [6.07, 6.45) is 1.50. The topological polar surface area (TPSA) is 99.5 Å². The lowest BCUT2D eigenvalue weighted by Crippen LogP contribution is -1.93. The first-order valence-electron chi connectivity index (χ1n) is 6.99. The first-order valence-corrected chi connectivity index (χ1v) is 7.75. The van der Waals surface area contributed by atoms with Crippen molar-refractivity contribution in [2.75, 3.05) is 5.32 Å². The van der Waals surface area contributed by atoms with Crippen LogP contribution in [0.25, 0.3) is 5.57 Å². The summed E-state index contributed by atoms with van der Waals surface area (Å²) in [5, 5.41) is 26.3. The highest BCUT2D eigenvalue weighted by molar-refractivity contribution is 6.35. The molecule has 124 valence electrons. The number of aromatic amines is 1. The zero-order valence-electron chi connectivity index (χ0n) is 12.6. The molecule has 2 aromatic carbocycles. The molecule has 0 unspecified atom stereocenters. The highest BCUT2D eigenvalue weighted by atomic mass is 35.5. The lowest BCUT2D eigenvalue weighted by molar-refractivity contribution is 0.483. The Morgan fingerprint density at radius 1 is 1.20 bits per heavy atom. The molecule has 1 heterocycles. The standard InChI is InChI=1S/C16H10Cl2N6O/c17-11-1-6-15(14(18)7-11)25-13-4-2-12(3-5-13)20-9-10(8-19)16-21-23-24-22-16/h1-7,9,20H,(H,21,22,23,24). The van der Waals surface area contributed by atoms with E-state index in [0.29, 0.717) is 21.5 Å². The van der Waals surface area contributed by atoms with Gasteiger partial charge in [-0.3, -0.25) is 0 Å². The van der Waals surface area contributed by atoms with E-state index in [1.54, 1.807) is 42.5 Å². The second-order valence-corrected chi connectivity index (χ2v) is 5.59. The Morgan fingerprint density at radius 2 is 2.00 bits per heavy atom. The Kier molecular flexibility index (Phi) is 5.14. The predicted octanol–water partition coefficient (Wildman–Crippen LogP) is 4.28. The lowest BCUT2D eigenvalue weighted by atomic mass is 10.2. The first-order chi connectivity index (χ1) is 12.2. The fourth-order valence-electron chi connectivity index (χ4n) is 1.88. The first kappa shape index (κ1) is 16.8. The minimum Gasteiger partial charge on any atom is -0.456 e. The van der Waals surface area contributed by atoms with Crippen molar-refractivity contribution in [2.24, 2.45) is 0 Å². The van der Waals surface area contributed by atoms with Gasteiger partial charge in [0.05, 0.1) is 5.02 Å². The number of benzene rings is 2. The molecule has 0 saturated carbocycles. The van der Waals surface area contributed by atoms with Gasteiger partial charge in [-0.2, -0.15) is 10.5 Å². The number of tetrazole rings is 1. The fourth-order valence-corrected chi connectivity index (χ4v) is 2.33. The molecule has 3 rings (SSSR count). The third-order valence-electron chi connectivity index (χ3n) is 3.07. The summed E-state index contributed by atoms with van der Waals surface area (Å²) in [5.41, 5.74) is 1.01. The van der Waals surface area contributed by atoms with Gasteiger partial charge in [0.1, 0.15) is 23.1 Å². The number of allylic oxidation sites excluding steroid dienone is 1. The summed E-state index contributed by atoms with van der Waals surface area (Å²) in [4.78, 5) is 0. The van der Waals surface area contributed by atoms with Crippen molar-refractivity contribution in [1.82, 2.24) is 20.6 Å². The number of H-pyrrole nitrogens is 1. The van der Waals surface area contributed by atoms with Crippen LogP contribution in [0.1, 0.15) is 5.82 Å². The number of rotatable bonds is 5. The van der Waals surface area contributed by atoms with Gasteiger partial charge in [0, 0.05) is 16.9 Å². The maximum atomic E-state index is 9.11. The largest absolute Gasteiger partial charge is 0.456 e. The quantitative estimate of drug-likeness (QED) is 0.648. The van der Waals surface area contributed by atoms with Gasteiger partial charge in [0.25, 0.3) is 0 Å². The van der Waals surface area contributed by atoms with Crippen LogP contribution in [0, 0.1) is 11.3 Å². The van der Waals surface area contributed by atoms with Gasteiger partial charge >= 0.3 is 0 Å². The number of anilines is 1. The highest BCUT2D eigenvalue weighted by Crippen LogP contribution is 2.31. The highest BCUT2D eigenvalue weighted by Gasteiger charge is 2.06. The molecule has 2 N–H and O–H groups in total. The van der Waals surface area contributed by atoms with Gasteiger partial charge in [-0.25, -0.2) is 0 Å². The molecule has 0 atom stereocenters.